The van der Waals surface area contributed by atoms with Gasteiger partial charge in [0.25, 0.3) is 0 Å². The third kappa shape index (κ3) is 2.81. The van der Waals surface area contributed by atoms with Crippen LogP contribution in [-0.4, -0.2) is 40.2 Å². The Morgan fingerprint density at radius 2 is 2.11 bits per heavy atom. The fourth-order valence-electron chi connectivity index (χ4n) is 3.90. The van der Waals surface area contributed by atoms with Crippen LogP contribution in [0.15, 0.2) is 41.5 Å². The predicted octanol–water partition coefficient (Wildman–Crippen LogP) is 3.80. The van der Waals surface area contributed by atoms with Gasteiger partial charge in [-0.1, -0.05) is 24.8 Å². The summed E-state index contributed by atoms with van der Waals surface area (Å²) in [5.41, 5.74) is 2.04. The van der Waals surface area contributed by atoms with Gasteiger partial charge >= 0.3 is 0 Å². The van der Waals surface area contributed by atoms with Gasteiger partial charge in [-0.25, -0.2) is 0 Å². The number of aliphatic imine (C=N–C) groups is 1. The molecule has 0 aliphatic carbocycles. The summed E-state index contributed by atoms with van der Waals surface area (Å²) in [6, 6.07) is 9.96. The largest absolute Gasteiger partial charge is 0.493 e. The molecule has 0 amide bonds. The number of pyridine rings is 1. The predicted molar refractivity (Wildman–Crippen MR) is 105 cm³/mol. The molecule has 7 heteroatoms. The molecule has 0 radical (unpaired) electrons. The lowest BCUT2D eigenvalue weighted by Gasteiger charge is -2.29. The second-order valence-electron chi connectivity index (χ2n) is 6.81. The second-order valence-corrected chi connectivity index (χ2v) is 8.22. The van der Waals surface area contributed by atoms with Crippen molar-refractivity contribution in [3.05, 3.63) is 47.8 Å². The fraction of sp³-hybridized carbons (Fsp3) is 0.400. The average Bonchev–Trinajstić information content (AvgIpc) is 3.35. The van der Waals surface area contributed by atoms with E-state index in [1.165, 1.54) is 0 Å². The second kappa shape index (κ2) is 6.64. The van der Waals surface area contributed by atoms with Crippen LogP contribution < -0.4 is 14.2 Å². The van der Waals surface area contributed by atoms with Crippen LogP contribution in [0, 0.1) is 0 Å². The Hall–Kier alpha value is -2.41. The van der Waals surface area contributed by atoms with Crippen molar-refractivity contribution < 1.29 is 14.2 Å². The van der Waals surface area contributed by atoms with Gasteiger partial charge in [0.1, 0.15) is 11.8 Å². The number of amidine groups is 1. The lowest BCUT2D eigenvalue weighted by molar-refractivity contribution is 0.173. The van der Waals surface area contributed by atoms with E-state index in [4.69, 9.17) is 19.2 Å². The van der Waals surface area contributed by atoms with E-state index in [2.05, 4.69) is 22.9 Å². The third-order valence-electron chi connectivity index (χ3n) is 5.00. The van der Waals surface area contributed by atoms with E-state index in [-0.39, 0.29) is 18.9 Å². The lowest BCUT2D eigenvalue weighted by atomic mass is 9.95. The molecule has 0 spiro atoms. The smallest absolute Gasteiger partial charge is 0.231 e. The first-order valence-electron chi connectivity index (χ1n) is 9.23. The molecule has 1 aromatic heterocycles. The van der Waals surface area contributed by atoms with Gasteiger partial charge in [-0.05, 0) is 25.1 Å². The minimum absolute atomic E-state index is 0.0309. The Kier molecular flexibility index (Phi) is 4.11. The van der Waals surface area contributed by atoms with Gasteiger partial charge in [0, 0.05) is 29.6 Å². The summed E-state index contributed by atoms with van der Waals surface area (Å²) in [6.07, 6.45) is 1.83. The van der Waals surface area contributed by atoms with Crippen LogP contribution in [0.2, 0.25) is 0 Å². The van der Waals surface area contributed by atoms with Crippen LogP contribution in [0.4, 0.5) is 0 Å². The molecule has 1 aromatic carbocycles. The van der Waals surface area contributed by atoms with Crippen LogP contribution in [0.3, 0.4) is 0 Å². The minimum atomic E-state index is -0.0687. The van der Waals surface area contributed by atoms with Crippen molar-refractivity contribution in [2.24, 2.45) is 4.99 Å². The molecular weight excluding hydrogens is 362 g/mol. The maximum absolute atomic E-state index is 5.99. The molecule has 1 saturated heterocycles. The van der Waals surface area contributed by atoms with Gasteiger partial charge in [0.15, 0.2) is 16.7 Å². The van der Waals surface area contributed by atoms with Crippen LogP contribution in [0.1, 0.15) is 37.2 Å². The maximum Gasteiger partial charge on any atom is 0.231 e. The van der Waals surface area contributed by atoms with Gasteiger partial charge in [-0.3, -0.25) is 9.98 Å². The van der Waals surface area contributed by atoms with E-state index in [0.29, 0.717) is 11.9 Å². The highest BCUT2D eigenvalue weighted by molar-refractivity contribution is 8.14. The van der Waals surface area contributed by atoms with Gasteiger partial charge in [0.2, 0.25) is 6.79 Å². The summed E-state index contributed by atoms with van der Waals surface area (Å²) in [4.78, 5) is 12.0. The van der Waals surface area contributed by atoms with Gasteiger partial charge < -0.3 is 19.1 Å². The molecule has 6 nitrogen and oxygen atoms in total. The third-order valence-corrected chi connectivity index (χ3v) is 6.11. The molecule has 3 atom stereocenters. The van der Waals surface area contributed by atoms with E-state index in [0.717, 1.165) is 40.2 Å². The summed E-state index contributed by atoms with van der Waals surface area (Å²) >= 11 is 1.83. The molecule has 5 rings (SSSR count). The number of ether oxygens (including phenoxy) is 3. The first kappa shape index (κ1) is 16.7. The van der Waals surface area contributed by atoms with Crippen LogP contribution >= 0.6 is 11.8 Å². The number of aromatic nitrogens is 1. The first-order valence-corrected chi connectivity index (χ1v) is 10.1. The molecule has 0 unspecified atom stereocenters. The van der Waals surface area contributed by atoms with Gasteiger partial charge in [-0.15, -0.1) is 0 Å². The number of fused-ring (bicyclic) bond motifs is 2. The van der Waals surface area contributed by atoms with E-state index >= 15 is 0 Å². The van der Waals surface area contributed by atoms with Crippen LogP contribution in [-0.2, 0) is 0 Å². The normalized spacial score (nSPS) is 25.5. The Balaban J connectivity index is 1.63. The molecule has 3 aliphatic heterocycles. The van der Waals surface area contributed by atoms with E-state index in [1.807, 2.05) is 49.1 Å². The Morgan fingerprint density at radius 1 is 1.26 bits per heavy atom. The number of hydrogen-bond acceptors (Lipinski definition) is 7. The topological polar surface area (TPSA) is 56.2 Å². The van der Waals surface area contributed by atoms with Crippen molar-refractivity contribution in [2.75, 3.05) is 19.9 Å². The van der Waals surface area contributed by atoms with Gasteiger partial charge in [0.05, 0.1) is 18.3 Å². The van der Waals surface area contributed by atoms with Gasteiger partial charge in [-0.2, -0.15) is 0 Å². The number of nitrogens with zero attached hydrogens (tertiary/aromatic N) is 3. The Bertz CT molecular complexity index is 890. The molecule has 140 valence electrons. The molecule has 0 saturated carbocycles. The van der Waals surface area contributed by atoms with E-state index in [9.17, 15) is 0 Å². The summed E-state index contributed by atoms with van der Waals surface area (Å²) in [7, 11) is 0. The zero-order chi connectivity index (χ0) is 18.4. The molecule has 1 fully saturated rings. The van der Waals surface area contributed by atoms with Crippen molar-refractivity contribution in [1.29, 1.82) is 0 Å². The fourth-order valence-corrected chi connectivity index (χ4v) is 5.00. The van der Waals surface area contributed by atoms with Crippen molar-refractivity contribution in [1.82, 2.24) is 9.88 Å². The Labute approximate surface area is 162 Å². The summed E-state index contributed by atoms with van der Waals surface area (Å²) in [6.45, 7) is 6.03. The first-order chi connectivity index (χ1) is 13.2. The maximum atomic E-state index is 5.99. The summed E-state index contributed by atoms with van der Waals surface area (Å²) in [5.74, 6) is 2.33. The van der Waals surface area contributed by atoms with Crippen LogP contribution in [0.5, 0.6) is 17.2 Å². The van der Waals surface area contributed by atoms with E-state index in [1.54, 1.807) is 0 Å². The monoisotopic (exact) mass is 383 g/mol. The highest BCUT2D eigenvalue weighted by Gasteiger charge is 2.45. The molecule has 4 heterocycles. The van der Waals surface area contributed by atoms with E-state index < -0.39 is 0 Å². The summed E-state index contributed by atoms with van der Waals surface area (Å²) < 4.78 is 17.2. The number of thioether (sulfide) groups is 1. The summed E-state index contributed by atoms with van der Waals surface area (Å²) in [5, 5.41) is 1.60. The highest BCUT2D eigenvalue weighted by atomic mass is 32.2. The van der Waals surface area contributed by atoms with Crippen molar-refractivity contribution in [3.8, 4) is 17.2 Å². The number of rotatable bonds is 4. The number of hydrogen-bond donors (Lipinski definition) is 0. The average molecular weight is 383 g/mol. The van der Waals surface area contributed by atoms with Crippen molar-refractivity contribution >= 4 is 16.9 Å². The molecule has 0 N–H and O–H groups in total. The van der Waals surface area contributed by atoms with Crippen molar-refractivity contribution in [2.45, 2.75) is 31.2 Å². The van der Waals surface area contributed by atoms with Crippen molar-refractivity contribution in [3.63, 3.8) is 0 Å². The van der Waals surface area contributed by atoms with Crippen LogP contribution in [0.25, 0.3) is 0 Å². The SMILES string of the molecule is CCOc1cc2c(cc1[C@H]1[C@@H](c3ccccn3)N=C3S[C@@H](C)CN31)OCO2. The standard InChI is InChI=1S/C20H21N3O3S/c1-3-24-15-9-17-16(25-11-26-17)8-13(15)19-18(14-6-4-5-7-21-14)22-20-23(19)10-12(2)27-20/h4-9,12,18-19H,3,10-11H2,1-2H3/t12-,18+,19-/m0/s1. The molecule has 2 aromatic rings. The molecule has 0 bridgehead atoms. The Morgan fingerprint density at radius 3 is 2.89 bits per heavy atom. The molecule has 27 heavy (non-hydrogen) atoms. The molecular formula is C20H21N3O3S. The zero-order valence-electron chi connectivity index (χ0n) is 15.3. The number of benzene rings is 1. The zero-order valence-corrected chi connectivity index (χ0v) is 16.1. The quantitative estimate of drug-likeness (QED) is 0.801. The lowest BCUT2D eigenvalue weighted by Crippen LogP contribution is -2.29. The minimum Gasteiger partial charge on any atom is -0.493 e. The molecule has 3 aliphatic rings. The highest BCUT2D eigenvalue weighted by Crippen LogP contribution is 2.51.